The number of rotatable bonds is 3. The molecule has 3 heterocycles. The molecule has 0 spiro atoms. The number of carbonyl (C=O) groups is 1. The van der Waals surface area contributed by atoms with Crippen molar-refractivity contribution in [2.45, 2.75) is 12.5 Å². The van der Waals surface area contributed by atoms with Gasteiger partial charge >= 0.3 is 6.03 Å². The first kappa shape index (κ1) is 16.3. The molecule has 1 N–H and O–H groups in total. The lowest BCUT2D eigenvalue weighted by atomic mass is 10.3. The van der Waals surface area contributed by atoms with Crippen molar-refractivity contribution in [2.75, 3.05) is 18.4 Å². The van der Waals surface area contributed by atoms with Gasteiger partial charge in [-0.2, -0.15) is 5.26 Å². The van der Waals surface area contributed by atoms with Crippen LogP contribution in [0.1, 0.15) is 12.0 Å². The summed E-state index contributed by atoms with van der Waals surface area (Å²) in [6.45, 7) is 1.12. The van der Waals surface area contributed by atoms with Crippen LogP contribution in [-0.4, -0.2) is 40.1 Å². The van der Waals surface area contributed by atoms with Gasteiger partial charge in [0.1, 0.15) is 12.2 Å². The number of fused-ring (bicyclic) bond motifs is 1. The minimum Gasteiger partial charge on any atom is -0.472 e. The molecular weight excluding hydrogens is 350 g/mol. The highest BCUT2D eigenvalue weighted by molar-refractivity contribution is 7.16. The predicted octanol–water partition coefficient (Wildman–Crippen LogP) is 3.25. The highest BCUT2D eigenvalue weighted by Crippen LogP contribution is 2.23. The molecule has 4 rings (SSSR count). The lowest BCUT2D eigenvalue weighted by Gasteiger charge is -2.17. The number of likely N-dealkylation sites (tertiary alicyclic amines) is 1. The fourth-order valence-corrected chi connectivity index (χ4v) is 3.55. The number of anilines is 1. The second-order valence-electron chi connectivity index (χ2n) is 5.94. The Balaban J connectivity index is 1.35. The van der Waals surface area contributed by atoms with Gasteiger partial charge in [-0.1, -0.05) is 0 Å². The number of hydrogen-bond acceptors (Lipinski definition) is 6. The van der Waals surface area contributed by atoms with Crippen LogP contribution in [0, 0.1) is 11.3 Å². The molecule has 1 fully saturated rings. The number of urea groups is 1. The molecule has 1 atom stereocenters. The third-order valence-electron chi connectivity index (χ3n) is 4.17. The minimum absolute atomic E-state index is 0.106. The number of carbonyl (C=O) groups excluding carboxylic acids is 1. The summed E-state index contributed by atoms with van der Waals surface area (Å²) in [5.74, 6) is 0.465. The molecule has 0 aliphatic carbocycles. The first-order chi connectivity index (χ1) is 12.7. The Morgan fingerprint density at radius 1 is 1.35 bits per heavy atom. The van der Waals surface area contributed by atoms with Crippen molar-refractivity contribution in [3.8, 4) is 11.9 Å². The molecule has 0 bridgehead atoms. The molecule has 1 saturated heterocycles. The third-order valence-corrected chi connectivity index (χ3v) is 4.96. The van der Waals surface area contributed by atoms with Gasteiger partial charge in [-0.3, -0.25) is 0 Å². The summed E-state index contributed by atoms with van der Waals surface area (Å²) >= 11 is 1.54. The maximum Gasteiger partial charge on any atom is 0.321 e. The number of ether oxygens (including phenoxy) is 1. The van der Waals surface area contributed by atoms with Crippen molar-refractivity contribution in [1.82, 2.24) is 14.9 Å². The number of nitriles is 1. The van der Waals surface area contributed by atoms with E-state index in [1.54, 1.807) is 33.9 Å². The van der Waals surface area contributed by atoms with Crippen molar-refractivity contribution in [3.63, 3.8) is 0 Å². The van der Waals surface area contributed by atoms with E-state index < -0.39 is 0 Å². The normalized spacial score (nSPS) is 16.4. The Hall–Kier alpha value is -3.18. The van der Waals surface area contributed by atoms with Gasteiger partial charge in [-0.25, -0.2) is 14.8 Å². The van der Waals surface area contributed by atoms with Crippen molar-refractivity contribution in [3.05, 3.63) is 47.6 Å². The number of pyridine rings is 1. The molecular formula is C18H15N5O2S. The average Bonchev–Trinajstić information content (AvgIpc) is 3.31. The molecule has 2 aromatic heterocycles. The quantitative estimate of drug-likeness (QED) is 0.769. The molecule has 8 heteroatoms. The van der Waals surface area contributed by atoms with Crippen LogP contribution in [0.15, 0.2) is 42.0 Å². The highest BCUT2D eigenvalue weighted by atomic mass is 32.1. The number of aromatic nitrogens is 2. The van der Waals surface area contributed by atoms with Crippen molar-refractivity contribution in [1.29, 1.82) is 5.26 Å². The lowest BCUT2D eigenvalue weighted by molar-refractivity contribution is 0.190. The molecule has 3 aromatic rings. The van der Waals surface area contributed by atoms with Crippen LogP contribution in [0.5, 0.6) is 5.88 Å². The van der Waals surface area contributed by atoms with Crippen LogP contribution >= 0.6 is 11.3 Å². The molecule has 2 amide bonds. The van der Waals surface area contributed by atoms with Gasteiger partial charge in [-0.15, -0.1) is 11.3 Å². The van der Waals surface area contributed by atoms with Gasteiger partial charge < -0.3 is 15.0 Å². The summed E-state index contributed by atoms with van der Waals surface area (Å²) in [5.41, 5.74) is 3.96. The Kier molecular flexibility index (Phi) is 4.37. The molecule has 1 aliphatic heterocycles. The maximum absolute atomic E-state index is 12.5. The van der Waals surface area contributed by atoms with E-state index in [1.165, 1.54) is 6.20 Å². The minimum atomic E-state index is -0.146. The number of amides is 2. The summed E-state index contributed by atoms with van der Waals surface area (Å²) < 4.78 is 6.84. The zero-order valence-corrected chi connectivity index (χ0v) is 14.6. The first-order valence-electron chi connectivity index (χ1n) is 8.13. The zero-order chi connectivity index (χ0) is 17.9. The van der Waals surface area contributed by atoms with Gasteiger partial charge in [0.05, 0.1) is 27.8 Å². The van der Waals surface area contributed by atoms with Gasteiger partial charge in [0.15, 0.2) is 0 Å². The largest absolute Gasteiger partial charge is 0.472 e. The first-order valence-corrected chi connectivity index (χ1v) is 9.01. The van der Waals surface area contributed by atoms with Crippen LogP contribution in [0.25, 0.3) is 10.2 Å². The molecule has 0 saturated carbocycles. The summed E-state index contributed by atoms with van der Waals surface area (Å²) in [5, 5.41) is 11.7. The molecule has 1 unspecified atom stereocenters. The van der Waals surface area contributed by atoms with Crippen LogP contribution in [0.4, 0.5) is 10.5 Å². The Morgan fingerprint density at radius 2 is 2.27 bits per heavy atom. The highest BCUT2D eigenvalue weighted by Gasteiger charge is 2.28. The average molecular weight is 365 g/mol. The van der Waals surface area contributed by atoms with Gasteiger partial charge in [0, 0.05) is 30.9 Å². The fraction of sp³-hybridized carbons (Fsp3) is 0.222. The van der Waals surface area contributed by atoms with Crippen LogP contribution in [-0.2, 0) is 0 Å². The topological polar surface area (TPSA) is 91.1 Å². The Labute approximate surface area is 153 Å². The molecule has 26 heavy (non-hydrogen) atoms. The SMILES string of the molecule is N#Cc1ccc(OC2CCN(C(=O)Nc3ccc4ncsc4c3)C2)nc1. The number of thiazole rings is 1. The summed E-state index contributed by atoms with van der Waals surface area (Å²) in [4.78, 5) is 22.5. The summed E-state index contributed by atoms with van der Waals surface area (Å²) in [6, 6.07) is 10.9. The fourth-order valence-electron chi connectivity index (χ4n) is 2.83. The van der Waals surface area contributed by atoms with E-state index in [1.807, 2.05) is 24.3 Å². The number of nitrogens with zero attached hydrogens (tertiary/aromatic N) is 4. The summed E-state index contributed by atoms with van der Waals surface area (Å²) in [7, 11) is 0. The van der Waals surface area contributed by atoms with E-state index in [-0.39, 0.29) is 12.1 Å². The monoisotopic (exact) mass is 365 g/mol. The zero-order valence-electron chi connectivity index (χ0n) is 13.8. The summed E-state index contributed by atoms with van der Waals surface area (Å²) in [6.07, 6.45) is 2.11. The molecule has 130 valence electrons. The second kappa shape index (κ2) is 6.98. The van der Waals surface area contributed by atoms with Gasteiger partial charge in [-0.05, 0) is 24.3 Å². The van der Waals surface area contributed by atoms with E-state index in [4.69, 9.17) is 10.00 Å². The van der Waals surface area contributed by atoms with Crippen LogP contribution < -0.4 is 10.1 Å². The van der Waals surface area contributed by atoms with E-state index in [2.05, 4.69) is 15.3 Å². The Bertz CT molecular complexity index is 979. The van der Waals surface area contributed by atoms with Crippen LogP contribution in [0.3, 0.4) is 0 Å². The van der Waals surface area contributed by atoms with Gasteiger partial charge in [0.25, 0.3) is 0 Å². The van der Waals surface area contributed by atoms with Crippen molar-refractivity contribution in [2.24, 2.45) is 0 Å². The molecule has 7 nitrogen and oxygen atoms in total. The third kappa shape index (κ3) is 3.43. The Morgan fingerprint density at radius 3 is 3.08 bits per heavy atom. The second-order valence-corrected chi connectivity index (χ2v) is 6.82. The van der Waals surface area contributed by atoms with Crippen LogP contribution in [0.2, 0.25) is 0 Å². The predicted molar refractivity (Wildman–Crippen MR) is 98.2 cm³/mol. The van der Waals surface area contributed by atoms with Crippen molar-refractivity contribution < 1.29 is 9.53 Å². The molecule has 1 aliphatic rings. The van der Waals surface area contributed by atoms with E-state index in [9.17, 15) is 4.79 Å². The van der Waals surface area contributed by atoms with Gasteiger partial charge in [0.2, 0.25) is 5.88 Å². The van der Waals surface area contributed by atoms with Crippen molar-refractivity contribution >= 4 is 33.3 Å². The number of benzene rings is 1. The smallest absolute Gasteiger partial charge is 0.321 e. The van der Waals surface area contributed by atoms with E-state index >= 15 is 0 Å². The number of nitrogens with one attached hydrogen (secondary N) is 1. The standard InChI is InChI=1S/C18H15N5O2S/c19-8-12-1-4-17(20-9-12)25-14-5-6-23(10-14)18(24)22-13-2-3-15-16(7-13)26-11-21-15/h1-4,7,9,11,14H,5-6,10H2,(H,22,24). The van der Waals surface area contributed by atoms with E-state index in [0.717, 1.165) is 22.3 Å². The maximum atomic E-state index is 12.5. The molecule has 0 radical (unpaired) electrons. The lowest BCUT2D eigenvalue weighted by Crippen LogP contribution is -2.34. The molecule has 1 aromatic carbocycles. The number of hydrogen-bond donors (Lipinski definition) is 1. The van der Waals surface area contributed by atoms with E-state index in [0.29, 0.717) is 24.5 Å².